The summed E-state index contributed by atoms with van der Waals surface area (Å²) >= 11 is 1.27. The molecule has 1 aromatic carbocycles. The second kappa shape index (κ2) is 9.68. The van der Waals surface area contributed by atoms with E-state index in [9.17, 15) is 31.1 Å². The Morgan fingerprint density at radius 3 is 2.51 bits per heavy atom. The maximum absolute atomic E-state index is 13.1. The van der Waals surface area contributed by atoms with Crippen LogP contribution in [0.1, 0.15) is 56.7 Å². The highest BCUT2D eigenvalue weighted by atomic mass is 32.2. The Morgan fingerprint density at radius 1 is 1.23 bits per heavy atom. The molecule has 0 aliphatic carbocycles. The molecule has 0 spiro atoms. The second-order valence-corrected chi connectivity index (χ2v) is 11.3. The maximum Gasteiger partial charge on any atom is 0.416 e. The van der Waals surface area contributed by atoms with Gasteiger partial charge in [-0.25, -0.2) is 0 Å². The number of halogens is 6. The van der Waals surface area contributed by atoms with Gasteiger partial charge in [-0.1, -0.05) is 6.07 Å². The first-order valence-electron chi connectivity index (χ1n) is 10.9. The van der Waals surface area contributed by atoms with E-state index in [-0.39, 0.29) is 18.8 Å². The number of thioether (sulfide) groups is 1. The van der Waals surface area contributed by atoms with Crippen molar-refractivity contribution in [3.8, 4) is 0 Å². The van der Waals surface area contributed by atoms with E-state index in [0.717, 1.165) is 12.1 Å². The highest BCUT2D eigenvalue weighted by Gasteiger charge is 2.39. The Bertz CT molecular complexity index is 1070. The first kappa shape index (κ1) is 27.4. The summed E-state index contributed by atoms with van der Waals surface area (Å²) in [5.41, 5.74) is 3.77. The van der Waals surface area contributed by atoms with E-state index in [1.165, 1.54) is 28.6 Å². The zero-order valence-electron chi connectivity index (χ0n) is 19.5. The monoisotopic (exact) mass is 523 g/mol. The molecule has 2 heterocycles. The lowest BCUT2D eigenvalue weighted by Gasteiger charge is -2.38. The predicted molar refractivity (Wildman–Crippen MR) is 119 cm³/mol. The van der Waals surface area contributed by atoms with Gasteiger partial charge in [0.1, 0.15) is 6.10 Å². The summed E-state index contributed by atoms with van der Waals surface area (Å²) in [4.78, 5) is 12.3. The lowest BCUT2D eigenvalue weighted by molar-refractivity contribution is -0.137. The van der Waals surface area contributed by atoms with Crippen molar-refractivity contribution < 1.29 is 35.9 Å². The van der Waals surface area contributed by atoms with Crippen LogP contribution in [-0.2, 0) is 28.7 Å². The number of hydrogen-bond donors (Lipinski definition) is 1. The van der Waals surface area contributed by atoms with Crippen LogP contribution in [-0.4, -0.2) is 33.2 Å². The van der Waals surface area contributed by atoms with Crippen LogP contribution in [0.2, 0.25) is 0 Å². The topological polar surface area (TPSA) is 70.1 Å². The Morgan fingerprint density at radius 2 is 1.91 bits per heavy atom. The summed E-state index contributed by atoms with van der Waals surface area (Å²) in [5.74, 6) is -0.633. The Hall–Kier alpha value is -2.21. The van der Waals surface area contributed by atoms with Gasteiger partial charge in [-0.3, -0.25) is 9.48 Å². The van der Waals surface area contributed by atoms with Gasteiger partial charge in [0.2, 0.25) is 5.91 Å². The Balaban J connectivity index is 1.89. The number of hydrogen-bond acceptors (Lipinski definition) is 4. The van der Waals surface area contributed by atoms with Crippen molar-refractivity contribution in [1.29, 1.82) is 0 Å². The average Bonchev–Trinajstić information content (AvgIpc) is 3.06. The fraction of sp³-hybridized carbons (Fsp3) is 0.565. The molecule has 5 nitrogen and oxygen atoms in total. The van der Waals surface area contributed by atoms with Gasteiger partial charge in [0, 0.05) is 16.2 Å². The van der Waals surface area contributed by atoms with Crippen molar-refractivity contribution >= 4 is 17.7 Å². The molecule has 0 bridgehead atoms. The molecular weight excluding hydrogens is 496 g/mol. The molecule has 2 atom stereocenters. The molecule has 1 aliphatic rings. The number of nitrogens with zero attached hydrogens (tertiary/aromatic N) is 2. The van der Waals surface area contributed by atoms with E-state index in [1.54, 1.807) is 19.9 Å². The van der Waals surface area contributed by atoms with Gasteiger partial charge in [0.25, 0.3) is 0 Å². The molecule has 1 fully saturated rings. The van der Waals surface area contributed by atoms with Gasteiger partial charge >= 0.3 is 12.4 Å². The highest BCUT2D eigenvalue weighted by Crippen LogP contribution is 2.47. The molecule has 1 amide bonds. The molecule has 194 valence electrons. The standard InChI is InChI=1S/C23H27F6N3O2S/c1-20(2,19(30)33)13-32-17(10-15(31-32)11-22(24,25)26)18-12-21(3,7-8-34-18)35-16-6-4-5-14(9-16)23(27,28)29/h4-6,9-10,18H,7-8,11-13H2,1-3H3,(H2,30,33). The van der Waals surface area contributed by atoms with Crippen molar-refractivity contribution in [3.05, 3.63) is 47.3 Å². The van der Waals surface area contributed by atoms with Crippen LogP contribution in [0.25, 0.3) is 0 Å². The Labute approximate surface area is 203 Å². The number of carbonyl (C=O) groups is 1. The van der Waals surface area contributed by atoms with Crippen molar-refractivity contribution in [3.63, 3.8) is 0 Å². The van der Waals surface area contributed by atoms with Crippen molar-refractivity contribution in [2.75, 3.05) is 6.61 Å². The number of carbonyl (C=O) groups excluding carboxylic acids is 1. The van der Waals surface area contributed by atoms with E-state index >= 15 is 0 Å². The summed E-state index contributed by atoms with van der Waals surface area (Å²) in [6.07, 6.45) is -10.00. The number of benzene rings is 1. The summed E-state index contributed by atoms with van der Waals surface area (Å²) < 4.78 is 85.2. The van der Waals surface area contributed by atoms with Gasteiger partial charge in [-0.15, -0.1) is 11.8 Å². The molecule has 0 saturated carbocycles. The first-order chi connectivity index (χ1) is 16.0. The normalized spacial score (nSPS) is 21.8. The van der Waals surface area contributed by atoms with Crippen LogP contribution < -0.4 is 5.73 Å². The molecule has 1 aliphatic heterocycles. The lowest BCUT2D eigenvalue weighted by Crippen LogP contribution is -2.37. The number of amides is 1. The van der Waals surface area contributed by atoms with E-state index in [2.05, 4.69) is 5.10 Å². The maximum atomic E-state index is 13.1. The average molecular weight is 524 g/mol. The largest absolute Gasteiger partial charge is 0.416 e. The van der Waals surface area contributed by atoms with E-state index in [4.69, 9.17) is 10.5 Å². The molecule has 3 rings (SSSR count). The number of nitrogens with two attached hydrogens (primary N) is 1. The number of ether oxygens (including phenoxy) is 1. The minimum atomic E-state index is -4.48. The fourth-order valence-corrected chi connectivity index (χ4v) is 5.21. The molecule has 1 saturated heterocycles. The quantitative estimate of drug-likeness (QED) is 0.458. The summed E-state index contributed by atoms with van der Waals surface area (Å²) in [6, 6.07) is 6.34. The summed E-state index contributed by atoms with van der Waals surface area (Å²) in [7, 11) is 0. The van der Waals surface area contributed by atoms with Crippen molar-refractivity contribution in [1.82, 2.24) is 9.78 Å². The van der Waals surface area contributed by atoms with Gasteiger partial charge in [-0.05, 0) is 57.9 Å². The van der Waals surface area contributed by atoms with Crippen LogP contribution in [0.3, 0.4) is 0 Å². The smallest absolute Gasteiger partial charge is 0.372 e. The molecule has 12 heteroatoms. The van der Waals surface area contributed by atoms with Crippen LogP contribution in [0.4, 0.5) is 26.3 Å². The number of alkyl halides is 6. The number of primary amides is 1. The first-order valence-corrected chi connectivity index (χ1v) is 11.7. The van der Waals surface area contributed by atoms with Crippen LogP contribution in [0, 0.1) is 5.41 Å². The van der Waals surface area contributed by atoms with Crippen LogP contribution >= 0.6 is 11.8 Å². The molecule has 2 unspecified atom stereocenters. The lowest BCUT2D eigenvalue weighted by atomic mass is 9.91. The predicted octanol–water partition coefficient (Wildman–Crippen LogP) is 5.92. The zero-order valence-corrected chi connectivity index (χ0v) is 20.3. The minimum Gasteiger partial charge on any atom is -0.372 e. The molecule has 1 aromatic heterocycles. The highest BCUT2D eigenvalue weighted by molar-refractivity contribution is 8.00. The van der Waals surface area contributed by atoms with E-state index in [0.29, 0.717) is 23.4 Å². The van der Waals surface area contributed by atoms with Gasteiger partial charge in [-0.2, -0.15) is 31.4 Å². The SMILES string of the molecule is CC1(Sc2cccc(C(F)(F)F)c2)CCOC(c2cc(CC(F)(F)F)nn2CC(C)(C)C(N)=O)C1. The molecule has 0 radical (unpaired) electrons. The zero-order chi connectivity index (χ0) is 26.2. The van der Waals surface area contributed by atoms with Crippen molar-refractivity contribution in [2.24, 2.45) is 11.1 Å². The fourth-order valence-electron chi connectivity index (χ4n) is 3.89. The summed E-state index contributed by atoms with van der Waals surface area (Å²) in [6.45, 7) is 5.23. The van der Waals surface area contributed by atoms with Crippen LogP contribution in [0.5, 0.6) is 0 Å². The molecule has 35 heavy (non-hydrogen) atoms. The third-order valence-corrected chi connectivity index (χ3v) is 7.23. The van der Waals surface area contributed by atoms with Crippen molar-refractivity contribution in [2.45, 2.75) is 74.7 Å². The Kier molecular flexibility index (Phi) is 7.57. The second-order valence-electron chi connectivity index (χ2n) is 9.65. The molecule has 2 aromatic rings. The van der Waals surface area contributed by atoms with E-state index in [1.807, 2.05) is 6.92 Å². The molecular formula is C23H27F6N3O2S. The minimum absolute atomic E-state index is 0.0487. The third kappa shape index (κ3) is 7.16. The van der Waals surface area contributed by atoms with Gasteiger partial charge in [0.05, 0.1) is 35.3 Å². The third-order valence-electron chi connectivity index (χ3n) is 5.88. The van der Waals surface area contributed by atoms with Crippen LogP contribution in [0.15, 0.2) is 35.2 Å². The number of rotatable bonds is 7. The number of aromatic nitrogens is 2. The molecule has 2 N–H and O–H groups in total. The van der Waals surface area contributed by atoms with E-state index < -0.39 is 46.5 Å². The van der Waals surface area contributed by atoms with Gasteiger partial charge in [0.15, 0.2) is 0 Å². The van der Waals surface area contributed by atoms with Gasteiger partial charge < -0.3 is 10.5 Å². The summed E-state index contributed by atoms with van der Waals surface area (Å²) in [5, 5.41) is 4.09.